The van der Waals surface area contributed by atoms with Gasteiger partial charge >= 0.3 is 0 Å². The van der Waals surface area contributed by atoms with E-state index in [1.165, 1.54) is 0 Å². The van der Waals surface area contributed by atoms with E-state index in [0.29, 0.717) is 0 Å². The quantitative estimate of drug-likeness (QED) is 0.789. The summed E-state index contributed by atoms with van der Waals surface area (Å²) in [6.07, 6.45) is 2.46. The lowest BCUT2D eigenvalue weighted by molar-refractivity contribution is 1.01. The molecule has 0 saturated carbocycles. The minimum absolute atomic E-state index is 0.797. The van der Waals surface area contributed by atoms with Gasteiger partial charge in [-0.1, -0.05) is 29.8 Å². The molecule has 5 heteroatoms. The first-order valence-corrected chi connectivity index (χ1v) is 7.26. The van der Waals surface area contributed by atoms with E-state index >= 15 is 0 Å². The first-order valence-electron chi connectivity index (χ1n) is 6.00. The fourth-order valence-electron chi connectivity index (χ4n) is 1.95. The number of hydrogen-bond acceptors (Lipinski definition) is 4. The molecule has 3 rings (SSSR count). The molecule has 2 aromatic heterocycles. The van der Waals surface area contributed by atoms with Crippen molar-refractivity contribution in [1.29, 1.82) is 0 Å². The van der Waals surface area contributed by atoms with Crippen LogP contribution < -0.4 is 5.32 Å². The predicted octanol–water partition coefficient (Wildman–Crippen LogP) is 4.00. The zero-order valence-corrected chi connectivity index (χ0v) is 11.7. The van der Waals surface area contributed by atoms with E-state index in [2.05, 4.69) is 15.3 Å². The van der Waals surface area contributed by atoms with Crippen LogP contribution in [0.15, 0.2) is 42.0 Å². The van der Waals surface area contributed by atoms with Crippen LogP contribution in [0.3, 0.4) is 0 Å². The van der Waals surface area contributed by atoms with Gasteiger partial charge in [0.15, 0.2) is 0 Å². The fraction of sp³-hybridized carbons (Fsp3) is 0.143. The van der Waals surface area contributed by atoms with Gasteiger partial charge in [0.25, 0.3) is 0 Å². The van der Waals surface area contributed by atoms with Crippen molar-refractivity contribution in [3.8, 4) is 0 Å². The third-order valence-corrected chi connectivity index (χ3v) is 4.10. The Bertz CT molecular complexity index is 696. The second kappa shape index (κ2) is 5.55. The minimum Gasteiger partial charge on any atom is -0.369 e. The van der Waals surface area contributed by atoms with Crippen molar-refractivity contribution in [3.05, 3.63) is 52.6 Å². The molecule has 0 aliphatic heterocycles. The molecule has 0 atom stereocenters. The van der Waals surface area contributed by atoms with Crippen LogP contribution in [0.25, 0.3) is 10.2 Å². The Kier molecular flexibility index (Phi) is 3.62. The molecule has 0 fully saturated rings. The molecule has 1 aromatic carbocycles. The van der Waals surface area contributed by atoms with Crippen molar-refractivity contribution in [1.82, 2.24) is 9.97 Å². The molecule has 0 radical (unpaired) electrons. The normalized spacial score (nSPS) is 10.8. The number of thiophene rings is 1. The molecule has 0 unspecified atom stereocenters. The number of rotatable bonds is 4. The molecule has 0 aliphatic carbocycles. The highest BCUT2D eigenvalue weighted by atomic mass is 35.5. The number of anilines is 1. The second-order valence-electron chi connectivity index (χ2n) is 4.13. The lowest BCUT2D eigenvalue weighted by atomic mass is 10.1. The molecule has 96 valence electrons. The van der Waals surface area contributed by atoms with Crippen LogP contribution in [0.1, 0.15) is 5.56 Å². The lowest BCUT2D eigenvalue weighted by Crippen LogP contribution is -2.06. The highest BCUT2D eigenvalue weighted by Crippen LogP contribution is 2.23. The summed E-state index contributed by atoms with van der Waals surface area (Å²) in [4.78, 5) is 9.52. The molecule has 3 aromatic rings. The van der Waals surface area contributed by atoms with Gasteiger partial charge in [-0.3, -0.25) is 0 Å². The second-order valence-corrected chi connectivity index (χ2v) is 5.43. The SMILES string of the molecule is Clc1ccccc1CCNc1ncnc2sccc12. The molecule has 0 amide bonds. The van der Waals surface area contributed by atoms with Crippen molar-refractivity contribution >= 4 is 39.0 Å². The van der Waals surface area contributed by atoms with E-state index in [-0.39, 0.29) is 0 Å². The summed E-state index contributed by atoms with van der Waals surface area (Å²) in [6, 6.07) is 9.95. The van der Waals surface area contributed by atoms with Gasteiger partial charge in [0.05, 0.1) is 5.39 Å². The van der Waals surface area contributed by atoms with Crippen molar-refractivity contribution in [2.75, 3.05) is 11.9 Å². The molecule has 0 spiro atoms. The van der Waals surface area contributed by atoms with E-state index < -0.39 is 0 Å². The van der Waals surface area contributed by atoms with Crippen molar-refractivity contribution in [2.45, 2.75) is 6.42 Å². The van der Waals surface area contributed by atoms with E-state index in [0.717, 1.165) is 39.6 Å². The van der Waals surface area contributed by atoms with Gasteiger partial charge in [-0.05, 0) is 29.5 Å². The standard InChI is InChI=1S/C14H12ClN3S/c15-12-4-2-1-3-10(12)5-7-16-13-11-6-8-19-14(11)18-9-17-13/h1-4,6,8-9H,5,7H2,(H,16,17,18). The van der Waals surface area contributed by atoms with Gasteiger partial charge in [-0.25, -0.2) is 9.97 Å². The smallest absolute Gasteiger partial charge is 0.138 e. The maximum atomic E-state index is 6.13. The molecule has 19 heavy (non-hydrogen) atoms. The predicted molar refractivity (Wildman–Crippen MR) is 81.1 cm³/mol. The minimum atomic E-state index is 0.797. The summed E-state index contributed by atoms with van der Waals surface area (Å²) in [5.74, 6) is 0.887. The highest BCUT2D eigenvalue weighted by Gasteiger charge is 2.04. The Balaban J connectivity index is 1.70. The number of nitrogens with one attached hydrogen (secondary N) is 1. The Morgan fingerprint density at radius 2 is 2.05 bits per heavy atom. The molecular weight excluding hydrogens is 278 g/mol. The fourth-order valence-corrected chi connectivity index (χ4v) is 2.91. The van der Waals surface area contributed by atoms with E-state index in [4.69, 9.17) is 11.6 Å². The molecule has 0 bridgehead atoms. The van der Waals surface area contributed by atoms with Crippen LogP contribution in [-0.2, 0) is 6.42 Å². The van der Waals surface area contributed by atoms with Gasteiger partial charge in [0.2, 0.25) is 0 Å². The van der Waals surface area contributed by atoms with E-state index in [1.807, 2.05) is 35.7 Å². The van der Waals surface area contributed by atoms with Gasteiger partial charge in [-0.2, -0.15) is 0 Å². The number of hydrogen-bond donors (Lipinski definition) is 1. The number of nitrogens with zero attached hydrogens (tertiary/aromatic N) is 2. The zero-order valence-electron chi connectivity index (χ0n) is 10.1. The highest BCUT2D eigenvalue weighted by molar-refractivity contribution is 7.16. The Morgan fingerprint density at radius 3 is 2.95 bits per heavy atom. The number of benzene rings is 1. The van der Waals surface area contributed by atoms with Crippen LogP contribution >= 0.6 is 22.9 Å². The summed E-state index contributed by atoms with van der Waals surface area (Å²) >= 11 is 7.75. The van der Waals surface area contributed by atoms with Crippen molar-refractivity contribution < 1.29 is 0 Å². The molecule has 3 nitrogen and oxygen atoms in total. The van der Waals surface area contributed by atoms with Gasteiger partial charge in [0, 0.05) is 11.6 Å². The topological polar surface area (TPSA) is 37.8 Å². The summed E-state index contributed by atoms with van der Waals surface area (Å²) < 4.78 is 0. The van der Waals surface area contributed by atoms with E-state index in [1.54, 1.807) is 17.7 Å². The van der Waals surface area contributed by atoms with E-state index in [9.17, 15) is 0 Å². The first-order chi connectivity index (χ1) is 9.34. The van der Waals surface area contributed by atoms with Crippen molar-refractivity contribution in [3.63, 3.8) is 0 Å². The van der Waals surface area contributed by atoms with Gasteiger partial charge in [-0.15, -0.1) is 11.3 Å². The van der Waals surface area contributed by atoms with Crippen LogP contribution in [-0.4, -0.2) is 16.5 Å². The average Bonchev–Trinajstić information content (AvgIpc) is 2.90. The zero-order chi connectivity index (χ0) is 13.1. The average molecular weight is 290 g/mol. The van der Waals surface area contributed by atoms with Crippen LogP contribution in [0, 0.1) is 0 Å². The first kappa shape index (κ1) is 12.4. The van der Waals surface area contributed by atoms with Crippen molar-refractivity contribution in [2.24, 2.45) is 0 Å². The maximum absolute atomic E-state index is 6.13. The molecule has 2 heterocycles. The maximum Gasteiger partial charge on any atom is 0.138 e. The van der Waals surface area contributed by atoms with Crippen LogP contribution in [0.4, 0.5) is 5.82 Å². The number of aromatic nitrogens is 2. The number of fused-ring (bicyclic) bond motifs is 1. The summed E-state index contributed by atoms with van der Waals surface area (Å²) in [5, 5.41) is 7.26. The largest absolute Gasteiger partial charge is 0.369 e. The molecule has 1 N–H and O–H groups in total. The molecule has 0 aliphatic rings. The van der Waals surface area contributed by atoms with Gasteiger partial charge in [0.1, 0.15) is 17.0 Å². The summed E-state index contributed by atoms with van der Waals surface area (Å²) in [7, 11) is 0. The Morgan fingerprint density at radius 1 is 1.16 bits per heavy atom. The third-order valence-electron chi connectivity index (χ3n) is 2.91. The molecular formula is C14H12ClN3S. The Hall–Kier alpha value is -1.65. The van der Waals surface area contributed by atoms with Crippen LogP contribution in [0.5, 0.6) is 0 Å². The molecule has 0 saturated heterocycles. The summed E-state index contributed by atoms with van der Waals surface area (Å²) in [6.45, 7) is 0.797. The monoisotopic (exact) mass is 289 g/mol. The Labute approximate surface area is 120 Å². The summed E-state index contributed by atoms with van der Waals surface area (Å²) in [5.41, 5.74) is 1.15. The van der Waals surface area contributed by atoms with Gasteiger partial charge < -0.3 is 5.32 Å². The van der Waals surface area contributed by atoms with Crippen LogP contribution in [0.2, 0.25) is 5.02 Å². The third kappa shape index (κ3) is 2.69. The number of halogens is 1. The lowest BCUT2D eigenvalue weighted by Gasteiger charge is -2.07.